The van der Waals surface area contributed by atoms with Crippen molar-refractivity contribution in [3.05, 3.63) is 48.0 Å². The van der Waals surface area contributed by atoms with Crippen molar-refractivity contribution in [1.29, 1.82) is 0 Å². The molecule has 178 valence electrons. The summed E-state index contributed by atoms with van der Waals surface area (Å²) in [5, 5.41) is 10.4. The van der Waals surface area contributed by atoms with Crippen molar-refractivity contribution in [2.45, 2.75) is 83.6 Å². The average molecular weight is 470 g/mol. The molecule has 0 saturated carbocycles. The second-order valence-corrected chi connectivity index (χ2v) is 7.78. The molecule has 1 rings (SSSR count). The van der Waals surface area contributed by atoms with Crippen molar-refractivity contribution in [2.75, 3.05) is 6.61 Å². The predicted octanol–water partition coefficient (Wildman–Crippen LogP) is 0.420. The molecule has 1 aromatic carbocycles. The summed E-state index contributed by atoms with van der Waals surface area (Å²) in [7, 11) is 0. The summed E-state index contributed by atoms with van der Waals surface area (Å²) in [5.41, 5.74) is 3.26. The third kappa shape index (κ3) is 17.5. The van der Waals surface area contributed by atoms with Gasteiger partial charge >= 0.3 is 41.5 Å². The van der Waals surface area contributed by atoms with Crippen molar-refractivity contribution in [3.8, 4) is 0 Å². The molecule has 7 nitrogen and oxygen atoms in total. The molecule has 0 aliphatic rings. The van der Waals surface area contributed by atoms with Gasteiger partial charge in [0.15, 0.2) is 0 Å². The van der Waals surface area contributed by atoms with Gasteiger partial charge in [0.25, 0.3) is 0 Å². The maximum Gasteiger partial charge on any atom is 1.00 e. The first-order valence-electron chi connectivity index (χ1n) is 11.6. The molecule has 0 amide bonds. The van der Waals surface area contributed by atoms with Crippen LogP contribution in [0.2, 0.25) is 0 Å². The minimum Gasteiger partial charge on any atom is -0.545 e. The largest absolute Gasteiger partial charge is 1.00 e. The van der Waals surface area contributed by atoms with E-state index in [-0.39, 0.29) is 36.0 Å². The van der Waals surface area contributed by atoms with Crippen LogP contribution in [0.25, 0.3) is 0 Å². The summed E-state index contributed by atoms with van der Waals surface area (Å²) in [6, 6.07) is 8.34. The van der Waals surface area contributed by atoms with Crippen LogP contribution < -0.4 is 40.1 Å². The summed E-state index contributed by atoms with van der Waals surface area (Å²) in [4.78, 5) is 39.2. The SMILES string of the molecule is CCCCCCCCCCCCOC(=O)[C@H](Cc1ccccc1)NOC(=O)/C=C\C(=O)[O-].[Na+]. The van der Waals surface area contributed by atoms with Gasteiger partial charge in [-0.05, 0) is 18.1 Å². The molecule has 0 bridgehead atoms. The van der Waals surface area contributed by atoms with Crippen LogP contribution in [0.15, 0.2) is 42.5 Å². The number of benzene rings is 1. The molecular formula is C25H36NNaO6. The van der Waals surface area contributed by atoms with Crippen LogP contribution in [-0.4, -0.2) is 30.6 Å². The number of aliphatic carboxylic acids is 1. The smallest absolute Gasteiger partial charge is 0.545 e. The number of carbonyl (C=O) groups excluding carboxylic acids is 3. The first-order valence-corrected chi connectivity index (χ1v) is 11.6. The Morgan fingerprint density at radius 3 is 2.06 bits per heavy atom. The molecule has 1 atom stereocenters. The third-order valence-corrected chi connectivity index (χ3v) is 4.97. The molecule has 0 aromatic heterocycles. The summed E-state index contributed by atoms with van der Waals surface area (Å²) in [6.45, 7) is 2.53. The summed E-state index contributed by atoms with van der Waals surface area (Å²) < 4.78 is 5.36. The Morgan fingerprint density at radius 1 is 0.909 bits per heavy atom. The van der Waals surface area contributed by atoms with E-state index in [9.17, 15) is 19.5 Å². The van der Waals surface area contributed by atoms with Gasteiger partial charge in [-0.2, -0.15) is 0 Å². The van der Waals surface area contributed by atoms with Gasteiger partial charge in [0.2, 0.25) is 0 Å². The second-order valence-electron chi connectivity index (χ2n) is 7.78. The fraction of sp³-hybridized carbons (Fsp3) is 0.560. The minimum absolute atomic E-state index is 0. The van der Waals surface area contributed by atoms with E-state index in [4.69, 9.17) is 9.57 Å². The van der Waals surface area contributed by atoms with Crippen LogP contribution in [0, 0.1) is 0 Å². The summed E-state index contributed by atoms with van der Waals surface area (Å²) >= 11 is 0. The Bertz CT molecular complexity index is 695. The Hall–Kier alpha value is -1.67. The fourth-order valence-electron chi connectivity index (χ4n) is 3.19. The number of esters is 1. The van der Waals surface area contributed by atoms with Crippen LogP contribution in [0.1, 0.15) is 76.7 Å². The van der Waals surface area contributed by atoms with Crippen molar-refractivity contribution in [1.82, 2.24) is 5.48 Å². The third-order valence-electron chi connectivity index (χ3n) is 4.97. The van der Waals surface area contributed by atoms with Crippen molar-refractivity contribution < 1.29 is 58.6 Å². The molecule has 0 aliphatic carbocycles. The van der Waals surface area contributed by atoms with E-state index in [1.165, 1.54) is 44.9 Å². The van der Waals surface area contributed by atoms with Crippen LogP contribution in [0.5, 0.6) is 0 Å². The molecule has 1 N–H and O–H groups in total. The molecule has 0 spiro atoms. The second kappa shape index (κ2) is 20.9. The topological polar surface area (TPSA) is 105 Å². The number of carboxylic acids is 1. The maximum atomic E-state index is 12.5. The first kappa shape index (κ1) is 31.3. The van der Waals surface area contributed by atoms with E-state index in [2.05, 4.69) is 12.4 Å². The number of hydroxylamine groups is 1. The van der Waals surface area contributed by atoms with Gasteiger partial charge in [0.05, 0.1) is 12.6 Å². The quantitative estimate of drug-likeness (QED) is 0.109. The number of unbranched alkanes of at least 4 members (excludes halogenated alkanes) is 9. The molecule has 1 aromatic rings. The standard InChI is InChI=1S/C25H37NO6.Na/c1-2-3-4-5-6-7-8-9-10-14-19-31-25(30)22(20-21-15-12-11-13-16-21)26-32-24(29)18-17-23(27)28;/h11-13,15-18,22,26H,2-10,14,19-20H2,1H3,(H,27,28);/q;+1/p-1/b18-17-;/t22-;/m0./s1. The summed E-state index contributed by atoms with van der Waals surface area (Å²) in [5.74, 6) is -2.99. The van der Waals surface area contributed by atoms with E-state index in [1.807, 2.05) is 30.3 Å². The normalized spacial score (nSPS) is 11.5. The zero-order valence-electron chi connectivity index (χ0n) is 20.1. The maximum absolute atomic E-state index is 12.5. The average Bonchev–Trinajstić information content (AvgIpc) is 2.79. The van der Waals surface area contributed by atoms with Gasteiger partial charge in [-0.1, -0.05) is 95.0 Å². The van der Waals surface area contributed by atoms with Crippen molar-refractivity contribution in [3.63, 3.8) is 0 Å². The van der Waals surface area contributed by atoms with Crippen LogP contribution in [-0.2, 0) is 30.4 Å². The molecule has 0 aliphatic heterocycles. The number of nitrogens with one attached hydrogen (secondary N) is 1. The van der Waals surface area contributed by atoms with Gasteiger partial charge in [-0.25, -0.2) is 4.79 Å². The zero-order chi connectivity index (χ0) is 23.4. The molecule has 0 saturated heterocycles. The van der Waals surface area contributed by atoms with E-state index in [0.29, 0.717) is 18.8 Å². The first-order chi connectivity index (χ1) is 15.5. The molecule has 8 heteroatoms. The van der Waals surface area contributed by atoms with Gasteiger partial charge in [-0.3, -0.25) is 4.79 Å². The monoisotopic (exact) mass is 469 g/mol. The van der Waals surface area contributed by atoms with E-state index >= 15 is 0 Å². The summed E-state index contributed by atoms with van der Waals surface area (Å²) in [6.07, 6.45) is 13.4. The number of carbonyl (C=O) groups is 3. The van der Waals surface area contributed by atoms with Gasteiger partial charge in [0, 0.05) is 12.5 Å². The number of carboxylic acid groups (broad SMARTS) is 1. The molecule has 0 radical (unpaired) electrons. The van der Waals surface area contributed by atoms with E-state index in [0.717, 1.165) is 24.8 Å². The number of hydrogen-bond acceptors (Lipinski definition) is 7. The molecule has 33 heavy (non-hydrogen) atoms. The molecule has 0 heterocycles. The Labute approximate surface area is 219 Å². The Kier molecular flexibility index (Phi) is 19.8. The van der Waals surface area contributed by atoms with Crippen molar-refractivity contribution >= 4 is 17.9 Å². The number of ether oxygens (including phenoxy) is 1. The molecule has 0 fully saturated rings. The zero-order valence-corrected chi connectivity index (χ0v) is 22.1. The van der Waals surface area contributed by atoms with Crippen LogP contribution in [0.4, 0.5) is 0 Å². The number of rotatable bonds is 18. The van der Waals surface area contributed by atoms with Gasteiger partial charge in [0.1, 0.15) is 6.04 Å². The van der Waals surface area contributed by atoms with Crippen molar-refractivity contribution in [2.24, 2.45) is 0 Å². The van der Waals surface area contributed by atoms with Crippen LogP contribution >= 0.6 is 0 Å². The fourth-order valence-corrected chi connectivity index (χ4v) is 3.19. The number of hydrogen-bond donors (Lipinski definition) is 1. The predicted molar refractivity (Wildman–Crippen MR) is 120 cm³/mol. The Morgan fingerprint density at radius 2 is 1.48 bits per heavy atom. The van der Waals surface area contributed by atoms with E-state index < -0.39 is 23.9 Å². The van der Waals surface area contributed by atoms with E-state index in [1.54, 1.807) is 0 Å². The van der Waals surface area contributed by atoms with Gasteiger partial charge in [-0.15, -0.1) is 5.48 Å². The minimum atomic E-state index is -1.52. The van der Waals surface area contributed by atoms with Gasteiger partial charge < -0.3 is 19.5 Å². The van der Waals surface area contributed by atoms with Crippen LogP contribution in [0.3, 0.4) is 0 Å². The Balaban J connectivity index is 0.0000102. The molecular weight excluding hydrogens is 433 g/mol. The molecule has 0 unspecified atom stereocenters.